The molecule has 0 radical (unpaired) electrons. The Morgan fingerprint density at radius 1 is 1.21 bits per heavy atom. The predicted octanol–water partition coefficient (Wildman–Crippen LogP) is 4.71. The predicted molar refractivity (Wildman–Crippen MR) is 85.8 cm³/mol. The van der Waals surface area contributed by atoms with Gasteiger partial charge in [-0.1, -0.05) is 17.7 Å². The van der Waals surface area contributed by atoms with Crippen LogP contribution in [-0.2, 0) is 16.1 Å². The molecule has 0 atom stereocenters. The molecule has 2 rings (SSSR count). The van der Waals surface area contributed by atoms with Gasteiger partial charge in [0, 0.05) is 17.0 Å². The summed E-state index contributed by atoms with van der Waals surface area (Å²) in [5.41, 5.74) is 0.223. The lowest BCUT2D eigenvalue weighted by molar-refractivity contribution is -0.145. The van der Waals surface area contributed by atoms with E-state index in [0.717, 1.165) is 0 Å². The molecule has 4 nitrogen and oxygen atoms in total. The second-order valence-corrected chi connectivity index (χ2v) is 6.08. The topological polar surface area (TPSA) is 52.6 Å². The van der Waals surface area contributed by atoms with E-state index in [1.54, 1.807) is 17.5 Å². The highest BCUT2D eigenvalue weighted by Crippen LogP contribution is 2.25. The van der Waals surface area contributed by atoms with E-state index in [2.05, 4.69) is 4.74 Å². The van der Waals surface area contributed by atoms with Crippen LogP contribution in [0.15, 0.2) is 35.7 Å². The molecule has 2 aromatic rings. The van der Waals surface area contributed by atoms with Crippen LogP contribution in [0.1, 0.15) is 28.1 Å². The van der Waals surface area contributed by atoms with Gasteiger partial charge in [0.05, 0.1) is 11.3 Å². The molecule has 8 heteroatoms. The highest BCUT2D eigenvalue weighted by atomic mass is 35.5. The number of esters is 1. The quantitative estimate of drug-likeness (QED) is 0.496. The average Bonchev–Trinajstić information content (AvgIpc) is 3.07. The van der Waals surface area contributed by atoms with E-state index < -0.39 is 12.6 Å². The molecule has 128 valence electrons. The van der Waals surface area contributed by atoms with Crippen LogP contribution in [0.4, 0.5) is 8.78 Å². The third kappa shape index (κ3) is 5.58. The summed E-state index contributed by atoms with van der Waals surface area (Å²) in [6, 6.07) is 7.48. The van der Waals surface area contributed by atoms with Crippen LogP contribution >= 0.6 is 22.9 Å². The first-order valence-electron chi connectivity index (χ1n) is 6.91. The van der Waals surface area contributed by atoms with E-state index in [-0.39, 0.29) is 36.5 Å². The molecular weight excluding hydrogens is 362 g/mol. The molecule has 0 saturated carbocycles. The molecule has 0 amide bonds. The number of alkyl halides is 2. The summed E-state index contributed by atoms with van der Waals surface area (Å²) in [5, 5.41) is 2.07. The molecular formula is C16H13ClF2O4S. The van der Waals surface area contributed by atoms with Crippen molar-refractivity contribution in [3.8, 4) is 5.75 Å². The number of thiophene rings is 1. The summed E-state index contributed by atoms with van der Waals surface area (Å²) < 4.78 is 34.0. The molecule has 0 saturated heterocycles. The lowest BCUT2D eigenvalue weighted by Crippen LogP contribution is -2.09. The summed E-state index contributed by atoms with van der Waals surface area (Å²) in [6.45, 7) is -3.27. The van der Waals surface area contributed by atoms with Crippen LogP contribution in [0.2, 0.25) is 5.02 Å². The molecule has 24 heavy (non-hydrogen) atoms. The molecule has 0 aliphatic heterocycles. The highest BCUT2D eigenvalue weighted by molar-refractivity contribution is 7.12. The zero-order valence-corrected chi connectivity index (χ0v) is 13.9. The van der Waals surface area contributed by atoms with Crippen LogP contribution in [0.5, 0.6) is 5.75 Å². The highest BCUT2D eigenvalue weighted by Gasteiger charge is 2.14. The van der Waals surface area contributed by atoms with Crippen molar-refractivity contribution in [1.82, 2.24) is 0 Å². The summed E-state index contributed by atoms with van der Waals surface area (Å²) in [6.07, 6.45) is -0.0718. The maximum absolute atomic E-state index is 12.3. The van der Waals surface area contributed by atoms with Crippen molar-refractivity contribution < 1.29 is 27.8 Å². The fourth-order valence-corrected chi connectivity index (χ4v) is 2.77. The number of halogens is 3. The molecule has 0 aliphatic rings. The smallest absolute Gasteiger partial charge is 0.387 e. The number of carbonyl (C=O) groups excluding carboxylic acids is 2. The summed E-state index contributed by atoms with van der Waals surface area (Å²) in [7, 11) is 0. The van der Waals surface area contributed by atoms with Crippen molar-refractivity contribution in [2.24, 2.45) is 0 Å². The minimum atomic E-state index is -3.00. The van der Waals surface area contributed by atoms with Crippen molar-refractivity contribution in [2.75, 3.05) is 0 Å². The van der Waals surface area contributed by atoms with Gasteiger partial charge in [0.1, 0.15) is 12.4 Å². The molecule has 1 aromatic carbocycles. The average molecular weight is 375 g/mol. The van der Waals surface area contributed by atoms with Crippen LogP contribution in [0.25, 0.3) is 0 Å². The number of ketones is 1. The first kappa shape index (κ1) is 18.4. The molecule has 0 unspecified atom stereocenters. The lowest BCUT2D eigenvalue weighted by Gasteiger charge is -2.11. The molecule has 1 heterocycles. The first-order valence-corrected chi connectivity index (χ1v) is 8.17. The van der Waals surface area contributed by atoms with E-state index in [1.807, 2.05) is 0 Å². The molecule has 1 aromatic heterocycles. The molecule has 0 N–H and O–H groups in total. The number of benzene rings is 1. The lowest BCUT2D eigenvalue weighted by atomic mass is 10.2. The van der Waals surface area contributed by atoms with E-state index in [0.29, 0.717) is 9.90 Å². The van der Waals surface area contributed by atoms with Crippen molar-refractivity contribution in [1.29, 1.82) is 0 Å². The number of hydrogen-bond acceptors (Lipinski definition) is 5. The SMILES string of the molecule is O=C(CCC(=O)c1cccs1)OCc1cc(Cl)ccc1OC(F)F. The van der Waals surface area contributed by atoms with Gasteiger partial charge in [-0.05, 0) is 29.6 Å². The third-order valence-corrected chi connectivity index (χ3v) is 4.13. The number of rotatable bonds is 8. The minimum Gasteiger partial charge on any atom is -0.461 e. The van der Waals surface area contributed by atoms with Crippen LogP contribution in [0, 0.1) is 0 Å². The van der Waals surface area contributed by atoms with Gasteiger partial charge in [-0.2, -0.15) is 8.78 Å². The molecule has 0 fully saturated rings. The largest absolute Gasteiger partial charge is 0.461 e. The number of hydrogen-bond donors (Lipinski definition) is 0. The van der Waals surface area contributed by atoms with E-state index in [4.69, 9.17) is 16.3 Å². The van der Waals surface area contributed by atoms with Gasteiger partial charge in [0.15, 0.2) is 5.78 Å². The fourth-order valence-electron chi connectivity index (χ4n) is 1.88. The van der Waals surface area contributed by atoms with Crippen LogP contribution < -0.4 is 4.74 Å². The minimum absolute atomic E-state index is 0.0231. The van der Waals surface area contributed by atoms with E-state index in [1.165, 1.54) is 29.5 Å². The summed E-state index contributed by atoms with van der Waals surface area (Å²) in [5.74, 6) is -0.869. The molecule has 0 bridgehead atoms. The third-order valence-electron chi connectivity index (χ3n) is 2.98. The number of carbonyl (C=O) groups is 2. The van der Waals surface area contributed by atoms with Crippen LogP contribution in [-0.4, -0.2) is 18.4 Å². The van der Waals surface area contributed by atoms with Gasteiger partial charge >= 0.3 is 12.6 Å². The van der Waals surface area contributed by atoms with Crippen molar-refractivity contribution in [3.05, 3.63) is 51.2 Å². The van der Waals surface area contributed by atoms with Crippen molar-refractivity contribution in [3.63, 3.8) is 0 Å². The second kappa shape index (κ2) is 8.75. The number of Topliss-reactive ketones (excluding diaryl/α,β-unsaturated/α-hetero) is 1. The van der Waals surface area contributed by atoms with Gasteiger partial charge in [-0.3, -0.25) is 9.59 Å². The Balaban J connectivity index is 1.87. The standard InChI is InChI=1S/C16H13ClF2O4S/c17-11-3-5-13(23-16(18)19)10(8-11)9-22-15(21)6-4-12(20)14-2-1-7-24-14/h1-3,5,7-8,16H,4,6,9H2. The Morgan fingerprint density at radius 2 is 2.00 bits per heavy atom. The summed E-state index contributed by atoms with van der Waals surface area (Å²) >= 11 is 7.10. The zero-order chi connectivity index (χ0) is 17.5. The van der Waals surface area contributed by atoms with Crippen molar-refractivity contribution >= 4 is 34.7 Å². The zero-order valence-electron chi connectivity index (χ0n) is 12.3. The number of ether oxygens (including phenoxy) is 2. The summed E-state index contributed by atoms with van der Waals surface area (Å²) in [4.78, 5) is 24.1. The van der Waals surface area contributed by atoms with Gasteiger partial charge in [0.2, 0.25) is 0 Å². The Morgan fingerprint density at radius 3 is 2.67 bits per heavy atom. The Kier molecular flexibility index (Phi) is 6.69. The fraction of sp³-hybridized carbons (Fsp3) is 0.250. The van der Waals surface area contributed by atoms with Crippen molar-refractivity contribution in [2.45, 2.75) is 26.1 Å². The van der Waals surface area contributed by atoms with Gasteiger partial charge in [0.25, 0.3) is 0 Å². The molecule has 0 aliphatic carbocycles. The Labute approximate surface area is 146 Å². The Bertz CT molecular complexity index is 704. The van der Waals surface area contributed by atoms with E-state index in [9.17, 15) is 18.4 Å². The van der Waals surface area contributed by atoms with Gasteiger partial charge in [-0.15, -0.1) is 11.3 Å². The van der Waals surface area contributed by atoms with Gasteiger partial charge in [-0.25, -0.2) is 0 Å². The first-order chi connectivity index (χ1) is 11.5. The monoisotopic (exact) mass is 374 g/mol. The Hall–Kier alpha value is -1.99. The maximum Gasteiger partial charge on any atom is 0.387 e. The van der Waals surface area contributed by atoms with Gasteiger partial charge < -0.3 is 9.47 Å². The van der Waals surface area contributed by atoms with E-state index >= 15 is 0 Å². The maximum atomic E-state index is 12.3. The molecule has 0 spiro atoms. The second-order valence-electron chi connectivity index (χ2n) is 4.69. The normalized spacial score (nSPS) is 10.7. The van der Waals surface area contributed by atoms with Crippen LogP contribution in [0.3, 0.4) is 0 Å².